The molecule has 0 unspecified atom stereocenters. The molecule has 2 aliphatic rings. The van der Waals surface area contributed by atoms with Gasteiger partial charge in [0.1, 0.15) is 0 Å². The number of anilines is 1. The second-order valence-electron chi connectivity index (χ2n) is 7.30. The number of benzene rings is 2. The second kappa shape index (κ2) is 6.98. The van der Waals surface area contributed by atoms with E-state index < -0.39 is 0 Å². The van der Waals surface area contributed by atoms with Gasteiger partial charge in [-0.05, 0) is 48.1 Å². The Labute approximate surface area is 164 Å². The molecule has 27 heavy (non-hydrogen) atoms. The van der Waals surface area contributed by atoms with Crippen molar-refractivity contribution < 1.29 is 0 Å². The van der Waals surface area contributed by atoms with Crippen molar-refractivity contribution >= 4 is 17.5 Å². The highest BCUT2D eigenvalue weighted by Crippen LogP contribution is 2.32. The van der Waals surface area contributed by atoms with E-state index in [4.69, 9.17) is 11.6 Å². The van der Waals surface area contributed by atoms with Gasteiger partial charge in [-0.15, -0.1) is 10.2 Å². The molecule has 0 radical (unpaired) electrons. The largest absolute Gasteiger partial charge is 0.341 e. The van der Waals surface area contributed by atoms with E-state index in [1.165, 1.54) is 11.1 Å². The van der Waals surface area contributed by atoms with Crippen molar-refractivity contribution in [2.24, 2.45) is 0 Å². The van der Waals surface area contributed by atoms with Gasteiger partial charge in [0.2, 0.25) is 5.95 Å². The summed E-state index contributed by atoms with van der Waals surface area (Å²) in [5.74, 6) is 2.53. The third-order valence-corrected chi connectivity index (χ3v) is 5.88. The van der Waals surface area contributed by atoms with Crippen LogP contribution in [0.5, 0.6) is 0 Å². The first-order valence-electron chi connectivity index (χ1n) is 9.53. The number of piperidine rings is 1. The van der Waals surface area contributed by atoms with E-state index in [1.807, 2.05) is 12.1 Å². The molecule has 1 fully saturated rings. The molecule has 1 saturated heterocycles. The Kier molecular flexibility index (Phi) is 4.34. The molecule has 0 atom stereocenters. The maximum absolute atomic E-state index is 6.22. The average molecular weight is 380 g/mol. The summed E-state index contributed by atoms with van der Waals surface area (Å²) >= 11 is 6.22. The molecule has 3 heterocycles. The molecule has 2 aromatic carbocycles. The first-order chi connectivity index (χ1) is 13.3. The monoisotopic (exact) mass is 379 g/mol. The molecule has 3 aromatic rings. The van der Waals surface area contributed by atoms with Gasteiger partial charge in [0.25, 0.3) is 0 Å². The molecule has 5 rings (SSSR count). The molecule has 138 valence electrons. The van der Waals surface area contributed by atoms with Crippen LogP contribution in [0.1, 0.15) is 35.7 Å². The Hall–Kier alpha value is -2.37. The molecule has 0 saturated carbocycles. The van der Waals surface area contributed by atoms with Crippen molar-refractivity contribution in [3.05, 3.63) is 70.5 Å². The number of hydrogen-bond acceptors (Lipinski definition) is 4. The van der Waals surface area contributed by atoms with E-state index in [0.29, 0.717) is 12.5 Å². The fourth-order valence-electron chi connectivity index (χ4n) is 4.23. The number of aromatic nitrogens is 3. The predicted molar refractivity (Wildman–Crippen MR) is 108 cm³/mol. The minimum atomic E-state index is 0.627. The van der Waals surface area contributed by atoms with Gasteiger partial charge in [0.15, 0.2) is 5.82 Å². The zero-order valence-electron chi connectivity index (χ0n) is 15.1. The Morgan fingerprint density at radius 1 is 0.963 bits per heavy atom. The standard InChI is InChI=1S/C21H22ClN5/c22-18-6-7-19-17(12-18)13-23-14-20-24-25-21(27(19)20)26-10-8-16(9-11-26)15-4-2-1-3-5-15/h1-7,12,16,23H,8-11,13-14H2. The van der Waals surface area contributed by atoms with Crippen LogP contribution in [0.15, 0.2) is 48.5 Å². The first-order valence-corrected chi connectivity index (χ1v) is 9.91. The molecular formula is C21H22ClN5. The zero-order chi connectivity index (χ0) is 18.2. The third kappa shape index (κ3) is 3.11. The molecular weight excluding hydrogens is 358 g/mol. The first kappa shape index (κ1) is 16.8. The van der Waals surface area contributed by atoms with Crippen LogP contribution < -0.4 is 10.2 Å². The van der Waals surface area contributed by atoms with Crippen molar-refractivity contribution in [3.63, 3.8) is 0 Å². The van der Waals surface area contributed by atoms with Gasteiger partial charge in [-0.2, -0.15) is 0 Å². The van der Waals surface area contributed by atoms with Crippen molar-refractivity contribution in [2.75, 3.05) is 18.0 Å². The summed E-state index contributed by atoms with van der Waals surface area (Å²) in [7, 11) is 0. The lowest BCUT2D eigenvalue weighted by molar-refractivity contribution is 0.497. The summed E-state index contributed by atoms with van der Waals surface area (Å²) in [6, 6.07) is 16.9. The summed E-state index contributed by atoms with van der Waals surface area (Å²) in [4.78, 5) is 2.37. The van der Waals surface area contributed by atoms with Crippen molar-refractivity contribution in [2.45, 2.75) is 31.8 Å². The number of fused-ring (bicyclic) bond motifs is 3. The Balaban J connectivity index is 1.44. The fraction of sp³-hybridized carbons (Fsp3) is 0.333. The van der Waals surface area contributed by atoms with Gasteiger partial charge >= 0.3 is 0 Å². The van der Waals surface area contributed by atoms with E-state index in [0.717, 1.165) is 55.0 Å². The van der Waals surface area contributed by atoms with Gasteiger partial charge in [0.05, 0.1) is 12.2 Å². The van der Waals surface area contributed by atoms with Crippen LogP contribution in [-0.4, -0.2) is 27.9 Å². The van der Waals surface area contributed by atoms with Crippen LogP contribution in [0.2, 0.25) is 5.02 Å². The number of nitrogens with one attached hydrogen (secondary N) is 1. The van der Waals surface area contributed by atoms with E-state index in [-0.39, 0.29) is 0 Å². The molecule has 2 aliphatic heterocycles. The smallest absolute Gasteiger partial charge is 0.231 e. The van der Waals surface area contributed by atoms with Crippen LogP contribution in [0.25, 0.3) is 5.69 Å². The number of rotatable bonds is 2. The normalized spacial score (nSPS) is 17.3. The Morgan fingerprint density at radius 2 is 1.78 bits per heavy atom. The number of halogens is 1. The zero-order valence-corrected chi connectivity index (χ0v) is 15.9. The molecule has 0 bridgehead atoms. The van der Waals surface area contributed by atoms with E-state index >= 15 is 0 Å². The molecule has 1 aromatic heterocycles. The van der Waals surface area contributed by atoms with E-state index in [1.54, 1.807) is 0 Å². The minimum absolute atomic E-state index is 0.627. The van der Waals surface area contributed by atoms with Gasteiger partial charge in [-0.1, -0.05) is 41.9 Å². The molecule has 5 nitrogen and oxygen atoms in total. The lowest BCUT2D eigenvalue weighted by Crippen LogP contribution is -2.35. The minimum Gasteiger partial charge on any atom is -0.341 e. The highest BCUT2D eigenvalue weighted by Gasteiger charge is 2.27. The summed E-state index contributed by atoms with van der Waals surface area (Å²) in [6.45, 7) is 3.48. The highest BCUT2D eigenvalue weighted by molar-refractivity contribution is 6.30. The van der Waals surface area contributed by atoms with E-state index in [9.17, 15) is 0 Å². The summed E-state index contributed by atoms with van der Waals surface area (Å²) < 4.78 is 2.20. The number of hydrogen-bond donors (Lipinski definition) is 1. The lowest BCUT2D eigenvalue weighted by Gasteiger charge is -2.33. The highest BCUT2D eigenvalue weighted by atomic mass is 35.5. The van der Waals surface area contributed by atoms with Gasteiger partial charge < -0.3 is 10.2 Å². The maximum atomic E-state index is 6.22. The summed E-state index contributed by atoms with van der Waals surface area (Å²) in [5, 5.41) is 13.2. The van der Waals surface area contributed by atoms with Gasteiger partial charge in [0, 0.05) is 24.7 Å². The quantitative estimate of drug-likeness (QED) is 0.733. The topological polar surface area (TPSA) is 46.0 Å². The van der Waals surface area contributed by atoms with Crippen LogP contribution in [0.3, 0.4) is 0 Å². The molecule has 1 N–H and O–H groups in total. The van der Waals surface area contributed by atoms with Crippen molar-refractivity contribution in [3.8, 4) is 5.69 Å². The lowest BCUT2D eigenvalue weighted by atomic mass is 9.90. The SMILES string of the molecule is Clc1ccc2c(c1)CNCc1nnc(N3CCC(c4ccccc4)CC3)n1-2. The second-order valence-corrected chi connectivity index (χ2v) is 7.74. The van der Waals surface area contributed by atoms with Crippen LogP contribution in [-0.2, 0) is 13.1 Å². The van der Waals surface area contributed by atoms with E-state index in [2.05, 4.69) is 61.4 Å². The fourth-order valence-corrected chi connectivity index (χ4v) is 4.43. The third-order valence-electron chi connectivity index (χ3n) is 5.64. The van der Waals surface area contributed by atoms with Crippen molar-refractivity contribution in [1.29, 1.82) is 0 Å². The Morgan fingerprint density at radius 3 is 2.59 bits per heavy atom. The average Bonchev–Trinajstić information content (AvgIpc) is 3.04. The van der Waals surface area contributed by atoms with Crippen molar-refractivity contribution in [1.82, 2.24) is 20.1 Å². The molecule has 0 spiro atoms. The molecule has 0 aliphatic carbocycles. The van der Waals surface area contributed by atoms with Crippen LogP contribution in [0, 0.1) is 0 Å². The van der Waals surface area contributed by atoms with Gasteiger partial charge in [-0.3, -0.25) is 4.57 Å². The maximum Gasteiger partial charge on any atom is 0.231 e. The summed E-state index contributed by atoms with van der Waals surface area (Å²) in [6.07, 6.45) is 2.27. The summed E-state index contributed by atoms with van der Waals surface area (Å²) in [5.41, 5.74) is 3.76. The van der Waals surface area contributed by atoms with Gasteiger partial charge in [-0.25, -0.2) is 0 Å². The van der Waals surface area contributed by atoms with Crippen LogP contribution >= 0.6 is 11.6 Å². The molecule has 0 amide bonds. The predicted octanol–water partition coefficient (Wildman–Crippen LogP) is 3.91. The number of nitrogens with zero attached hydrogens (tertiary/aromatic N) is 4. The Bertz CT molecular complexity index is 944. The van der Waals surface area contributed by atoms with Crippen LogP contribution in [0.4, 0.5) is 5.95 Å². The molecule has 6 heteroatoms.